The molecule has 3 aliphatic rings. The SMILES string of the molecule is CN1CCc2c(cc(Nc3ncc(Cl)c(N4CC(C)(CC(=O)O)c5ccccc54)n3)cc2OC2(C)CC2)C1. The first-order valence-electron chi connectivity index (χ1n) is 13.0. The molecule has 0 amide bonds. The van der Waals surface area contributed by atoms with Crippen LogP contribution in [0.25, 0.3) is 0 Å². The summed E-state index contributed by atoms with van der Waals surface area (Å²) in [4.78, 5) is 25.3. The summed E-state index contributed by atoms with van der Waals surface area (Å²) in [5.41, 5.74) is 4.63. The number of hydrogen-bond donors (Lipinski definition) is 2. The number of aromatic nitrogens is 2. The van der Waals surface area contributed by atoms with E-state index in [0.29, 0.717) is 23.3 Å². The molecule has 1 fully saturated rings. The van der Waals surface area contributed by atoms with E-state index in [9.17, 15) is 9.90 Å². The normalized spacial score (nSPS) is 21.5. The van der Waals surface area contributed by atoms with E-state index in [1.807, 2.05) is 36.1 Å². The van der Waals surface area contributed by atoms with Gasteiger partial charge in [0.2, 0.25) is 5.95 Å². The third-order valence-electron chi connectivity index (χ3n) is 7.93. The highest BCUT2D eigenvalue weighted by Gasteiger charge is 2.42. The van der Waals surface area contributed by atoms with Crippen LogP contribution in [0, 0.1) is 0 Å². The Balaban J connectivity index is 1.34. The van der Waals surface area contributed by atoms with Gasteiger partial charge in [-0.2, -0.15) is 4.98 Å². The molecule has 1 aromatic heterocycles. The number of nitrogens with zero attached hydrogens (tertiary/aromatic N) is 4. The van der Waals surface area contributed by atoms with Gasteiger partial charge in [-0.1, -0.05) is 36.7 Å². The number of carbonyl (C=O) groups is 1. The number of aliphatic carboxylic acids is 1. The van der Waals surface area contributed by atoms with Crippen LogP contribution >= 0.6 is 11.6 Å². The van der Waals surface area contributed by atoms with Crippen LogP contribution in [0.5, 0.6) is 5.75 Å². The highest BCUT2D eigenvalue weighted by molar-refractivity contribution is 6.33. The quantitative estimate of drug-likeness (QED) is 0.401. The molecule has 0 radical (unpaired) electrons. The van der Waals surface area contributed by atoms with Crippen LogP contribution in [0.15, 0.2) is 42.6 Å². The minimum atomic E-state index is -0.837. The van der Waals surface area contributed by atoms with Crippen LogP contribution in [0.2, 0.25) is 5.02 Å². The van der Waals surface area contributed by atoms with Crippen LogP contribution in [-0.4, -0.2) is 51.7 Å². The zero-order valence-corrected chi connectivity index (χ0v) is 22.7. The molecule has 2 aliphatic heterocycles. The lowest BCUT2D eigenvalue weighted by Crippen LogP contribution is -2.31. The Morgan fingerprint density at radius 3 is 2.79 bits per heavy atom. The molecule has 6 rings (SSSR count). The van der Waals surface area contributed by atoms with Crippen molar-refractivity contribution in [3.63, 3.8) is 0 Å². The fraction of sp³-hybridized carbons (Fsp3) is 0.414. The summed E-state index contributed by atoms with van der Waals surface area (Å²) >= 11 is 6.62. The summed E-state index contributed by atoms with van der Waals surface area (Å²) < 4.78 is 6.47. The second-order valence-electron chi connectivity index (χ2n) is 11.4. The first-order valence-corrected chi connectivity index (χ1v) is 13.4. The number of hydrogen-bond acceptors (Lipinski definition) is 7. The minimum Gasteiger partial charge on any atom is -0.487 e. The van der Waals surface area contributed by atoms with Gasteiger partial charge < -0.3 is 25.0 Å². The summed E-state index contributed by atoms with van der Waals surface area (Å²) in [5, 5.41) is 13.4. The van der Waals surface area contributed by atoms with E-state index in [0.717, 1.165) is 55.0 Å². The van der Waals surface area contributed by atoms with Gasteiger partial charge in [-0.3, -0.25) is 4.79 Å². The first-order chi connectivity index (χ1) is 18.1. The summed E-state index contributed by atoms with van der Waals surface area (Å²) in [6, 6.07) is 12.1. The average molecular weight is 534 g/mol. The molecule has 0 spiro atoms. The molecule has 3 heterocycles. The molecular formula is C29H32ClN5O3. The molecule has 3 aromatic rings. The van der Waals surface area contributed by atoms with Gasteiger partial charge in [0, 0.05) is 48.1 Å². The number of likely N-dealkylation sites (N-methyl/N-ethyl adjacent to an activating group) is 1. The zero-order chi connectivity index (χ0) is 26.7. The largest absolute Gasteiger partial charge is 0.487 e. The predicted octanol–water partition coefficient (Wildman–Crippen LogP) is 5.68. The molecule has 38 heavy (non-hydrogen) atoms. The van der Waals surface area contributed by atoms with Crippen molar-refractivity contribution in [3.8, 4) is 5.75 Å². The van der Waals surface area contributed by atoms with E-state index in [-0.39, 0.29) is 12.0 Å². The zero-order valence-electron chi connectivity index (χ0n) is 21.9. The molecule has 0 saturated heterocycles. The van der Waals surface area contributed by atoms with E-state index in [1.165, 1.54) is 11.1 Å². The highest BCUT2D eigenvalue weighted by Crippen LogP contribution is 2.47. The van der Waals surface area contributed by atoms with E-state index >= 15 is 0 Å². The van der Waals surface area contributed by atoms with Crippen LogP contribution in [0.1, 0.15) is 49.8 Å². The van der Waals surface area contributed by atoms with Crippen LogP contribution in [0.3, 0.4) is 0 Å². The molecule has 198 valence electrons. The second-order valence-corrected chi connectivity index (χ2v) is 11.8. The van der Waals surface area contributed by atoms with Gasteiger partial charge in [0.1, 0.15) is 16.4 Å². The molecule has 8 nitrogen and oxygen atoms in total. The predicted molar refractivity (Wildman–Crippen MR) is 148 cm³/mol. The number of nitrogens with one attached hydrogen (secondary N) is 1. The molecule has 1 saturated carbocycles. The van der Waals surface area contributed by atoms with Gasteiger partial charge >= 0.3 is 5.97 Å². The van der Waals surface area contributed by atoms with E-state index in [1.54, 1.807) is 6.20 Å². The number of fused-ring (bicyclic) bond motifs is 2. The van der Waals surface area contributed by atoms with Crippen molar-refractivity contribution in [1.82, 2.24) is 14.9 Å². The highest BCUT2D eigenvalue weighted by atomic mass is 35.5. The first kappa shape index (κ1) is 24.9. The number of para-hydroxylation sites is 1. The van der Waals surface area contributed by atoms with Gasteiger partial charge in [0.15, 0.2) is 5.82 Å². The third kappa shape index (κ3) is 4.67. The van der Waals surface area contributed by atoms with Crippen molar-refractivity contribution < 1.29 is 14.6 Å². The van der Waals surface area contributed by atoms with Crippen LogP contribution < -0.4 is 15.0 Å². The fourth-order valence-corrected chi connectivity index (χ4v) is 5.85. The second kappa shape index (κ2) is 9.13. The standard InChI is InChI=1S/C29H32ClN5O3/c1-28(14-25(36)37)17-35(23-7-5-4-6-21(23)28)26-22(30)15-31-27(33-26)32-19-12-18-16-34(3)11-8-20(18)24(13-19)38-29(2)9-10-29/h4-7,12-13,15H,8-11,14,16-17H2,1-3H3,(H,36,37)(H,31,32,33). The van der Waals surface area contributed by atoms with Crippen molar-refractivity contribution in [1.29, 1.82) is 0 Å². The molecule has 2 N–H and O–H groups in total. The van der Waals surface area contributed by atoms with Crippen LogP contribution in [0.4, 0.5) is 23.1 Å². The molecule has 0 bridgehead atoms. The lowest BCUT2D eigenvalue weighted by atomic mass is 9.81. The Kier molecular flexibility index (Phi) is 6.00. The summed E-state index contributed by atoms with van der Waals surface area (Å²) in [7, 11) is 2.13. The van der Waals surface area contributed by atoms with E-state index in [4.69, 9.17) is 21.3 Å². The lowest BCUT2D eigenvalue weighted by molar-refractivity contribution is -0.138. The summed E-state index contributed by atoms with van der Waals surface area (Å²) in [6.07, 6.45) is 4.71. The monoisotopic (exact) mass is 533 g/mol. The molecule has 9 heteroatoms. The van der Waals surface area contributed by atoms with Crippen LogP contribution in [-0.2, 0) is 23.2 Å². The Morgan fingerprint density at radius 2 is 2.03 bits per heavy atom. The van der Waals surface area contributed by atoms with Crippen molar-refractivity contribution in [3.05, 3.63) is 64.3 Å². The van der Waals surface area contributed by atoms with Gasteiger partial charge in [0.25, 0.3) is 0 Å². The van der Waals surface area contributed by atoms with Crippen molar-refractivity contribution in [2.45, 2.75) is 57.1 Å². The van der Waals surface area contributed by atoms with Gasteiger partial charge in [0.05, 0.1) is 12.6 Å². The van der Waals surface area contributed by atoms with Gasteiger partial charge in [-0.15, -0.1) is 0 Å². The Bertz CT molecular complexity index is 1430. The number of benzene rings is 2. The number of carboxylic acids is 1. The topological polar surface area (TPSA) is 90.8 Å². The Morgan fingerprint density at radius 1 is 1.24 bits per heavy atom. The van der Waals surface area contributed by atoms with Gasteiger partial charge in [-0.05, 0) is 56.5 Å². The molecular weight excluding hydrogens is 502 g/mol. The summed E-state index contributed by atoms with van der Waals surface area (Å²) in [6.45, 7) is 6.46. The number of halogens is 1. The number of rotatable bonds is 7. The maximum Gasteiger partial charge on any atom is 0.304 e. The molecule has 1 unspecified atom stereocenters. The summed E-state index contributed by atoms with van der Waals surface area (Å²) in [5.74, 6) is 1.06. The average Bonchev–Trinajstić information content (AvgIpc) is 3.52. The van der Waals surface area contributed by atoms with E-state index < -0.39 is 11.4 Å². The smallest absolute Gasteiger partial charge is 0.304 e. The number of ether oxygens (including phenoxy) is 1. The molecule has 1 aliphatic carbocycles. The Hall–Kier alpha value is -3.36. The Labute approximate surface area is 227 Å². The van der Waals surface area contributed by atoms with E-state index in [2.05, 4.69) is 41.3 Å². The fourth-order valence-electron chi connectivity index (χ4n) is 5.66. The van der Waals surface area contributed by atoms with Crippen molar-refractivity contribution >= 4 is 40.7 Å². The number of anilines is 4. The van der Waals surface area contributed by atoms with Gasteiger partial charge in [-0.25, -0.2) is 4.98 Å². The van der Waals surface area contributed by atoms with Crippen molar-refractivity contribution in [2.24, 2.45) is 0 Å². The molecule has 2 aromatic carbocycles. The van der Waals surface area contributed by atoms with Crippen molar-refractivity contribution in [2.75, 3.05) is 30.4 Å². The maximum absolute atomic E-state index is 11.7. The maximum atomic E-state index is 11.7. The number of carboxylic acid groups (broad SMARTS) is 1. The third-order valence-corrected chi connectivity index (χ3v) is 8.19. The molecule has 1 atom stereocenters. The minimum absolute atomic E-state index is 0.0135. The lowest BCUT2D eigenvalue weighted by Gasteiger charge is -2.28.